The lowest BCUT2D eigenvalue weighted by Gasteiger charge is -2.07. The molecule has 0 heterocycles. The molecular weight excluding hydrogens is 210 g/mol. The van der Waals surface area contributed by atoms with Gasteiger partial charge in [0.15, 0.2) is 0 Å². The summed E-state index contributed by atoms with van der Waals surface area (Å²) in [5, 5.41) is 3.32. The smallest absolute Gasteiger partial charge is 0.0717 e. The molecule has 1 N–H and O–H groups in total. The number of nitrogens with one attached hydrogen (secondary N) is 1. The first-order valence-electron chi connectivity index (χ1n) is 6.23. The molecule has 94 valence electrons. The van der Waals surface area contributed by atoms with Gasteiger partial charge in [-0.15, -0.1) is 6.58 Å². The molecule has 1 rings (SSSR count). The van der Waals surface area contributed by atoms with Gasteiger partial charge in [0.25, 0.3) is 0 Å². The van der Waals surface area contributed by atoms with Crippen molar-refractivity contribution in [2.24, 2.45) is 0 Å². The Morgan fingerprint density at radius 3 is 2.82 bits per heavy atom. The molecule has 0 amide bonds. The zero-order valence-electron chi connectivity index (χ0n) is 11.0. The third kappa shape index (κ3) is 6.25. The van der Waals surface area contributed by atoms with Crippen LogP contribution in [0, 0.1) is 0 Å². The standard InChI is InChI=1S/C15H23NO/c1-4-16-11-14-6-5-7-15(10-14)12-17-9-8-13(2)3/h5-7,10,16H,2,4,8-9,11-12H2,1,3H3. The lowest BCUT2D eigenvalue weighted by Crippen LogP contribution is -2.11. The fourth-order valence-corrected chi connectivity index (χ4v) is 1.54. The van der Waals surface area contributed by atoms with E-state index in [-0.39, 0.29) is 0 Å². The molecule has 17 heavy (non-hydrogen) atoms. The minimum absolute atomic E-state index is 0.688. The van der Waals surface area contributed by atoms with Crippen molar-refractivity contribution in [3.8, 4) is 0 Å². The van der Waals surface area contributed by atoms with Crippen molar-refractivity contribution in [2.45, 2.75) is 33.4 Å². The summed E-state index contributed by atoms with van der Waals surface area (Å²) in [6.07, 6.45) is 0.942. The van der Waals surface area contributed by atoms with E-state index in [1.807, 2.05) is 6.92 Å². The maximum absolute atomic E-state index is 5.61. The predicted molar refractivity (Wildman–Crippen MR) is 72.9 cm³/mol. The van der Waals surface area contributed by atoms with E-state index in [1.165, 1.54) is 16.7 Å². The lowest BCUT2D eigenvalue weighted by molar-refractivity contribution is 0.124. The van der Waals surface area contributed by atoms with Crippen LogP contribution in [0.2, 0.25) is 0 Å². The van der Waals surface area contributed by atoms with E-state index in [4.69, 9.17) is 4.74 Å². The molecular formula is C15H23NO. The van der Waals surface area contributed by atoms with Crippen LogP contribution in [0.5, 0.6) is 0 Å². The van der Waals surface area contributed by atoms with Crippen molar-refractivity contribution in [2.75, 3.05) is 13.2 Å². The zero-order valence-corrected chi connectivity index (χ0v) is 11.0. The average Bonchev–Trinajstić information content (AvgIpc) is 2.32. The molecule has 2 nitrogen and oxygen atoms in total. The van der Waals surface area contributed by atoms with Gasteiger partial charge in [0.05, 0.1) is 13.2 Å². The molecule has 0 saturated carbocycles. The summed E-state index contributed by atoms with van der Waals surface area (Å²) in [7, 11) is 0. The Balaban J connectivity index is 2.34. The van der Waals surface area contributed by atoms with Gasteiger partial charge in [0, 0.05) is 6.54 Å². The zero-order chi connectivity index (χ0) is 12.5. The van der Waals surface area contributed by atoms with Crippen molar-refractivity contribution in [3.63, 3.8) is 0 Å². The van der Waals surface area contributed by atoms with E-state index in [2.05, 4.69) is 43.1 Å². The van der Waals surface area contributed by atoms with E-state index in [1.54, 1.807) is 0 Å². The fraction of sp³-hybridized carbons (Fsp3) is 0.467. The van der Waals surface area contributed by atoms with Crippen LogP contribution in [0.4, 0.5) is 0 Å². The molecule has 0 atom stereocenters. The van der Waals surface area contributed by atoms with Gasteiger partial charge in [-0.25, -0.2) is 0 Å². The third-order valence-corrected chi connectivity index (χ3v) is 2.51. The Bertz CT molecular complexity index is 347. The first-order chi connectivity index (χ1) is 8.22. The second-order valence-corrected chi connectivity index (χ2v) is 4.36. The summed E-state index contributed by atoms with van der Waals surface area (Å²) in [4.78, 5) is 0. The molecule has 0 fully saturated rings. The number of hydrogen-bond donors (Lipinski definition) is 1. The summed E-state index contributed by atoms with van der Waals surface area (Å²) in [5.41, 5.74) is 3.72. The first-order valence-corrected chi connectivity index (χ1v) is 6.23. The van der Waals surface area contributed by atoms with Gasteiger partial charge < -0.3 is 10.1 Å². The lowest BCUT2D eigenvalue weighted by atomic mass is 10.1. The normalized spacial score (nSPS) is 10.5. The van der Waals surface area contributed by atoms with Crippen molar-refractivity contribution in [1.29, 1.82) is 0 Å². The largest absolute Gasteiger partial charge is 0.376 e. The molecule has 1 aromatic carbocycles. The van der Waals surface area contributed by atoms with Crippen molar-refractivity contribution >= 4 is 0 Å². The minimum Gasteiger partial charge on any atom is -0.376 e. The van der Waals surface area contributed by atoms with Crippen molar-refractivity contribution < 1.29 is 4.74 Å². The molecule has 0 aromatic heterocycles. The van der Waals surface area contributed by atoms with Crippen LogP contribution in [0.3, 0.4) is 0 Å². The number of rotatable bonds is 8. The van der Waals surface area contributed by atoms with Gasteiger partial charge in [0.1, 0.15) is 0 Å². The van der Waals surface area contributed by atoms with Gasteiger partial charge >= 0.3 is 0 Å². The first kappa shape index (κ1) is 13.9. The third-order valence-electron chi connectivity index (χ3n) is 2.51. The Labute approximate surface area is 105 Å². The minimum atomic E-state index is 0.688. The number of ether oxygens (including phenoxy) is 1. The fourth-order valence-electron chi connectivity index (χ4n) is 1.54. The summed E-state index contributed by atoms with van der Waals surface area (Å²) < 4.78 is 5.61. The highest BCUT2D eigenvalue weighted by Gasteiger charge is 1.96. The summed E-state index contributed by atoms with van der Waals surface area (Å²) in [5.74, 6) is 0. The summed E-state index contributed by atoms with van der Waals surface area (Å²) in [6.45, 7) is 11.4. The summed E-state index contributed by atoms with van der Waals surface area (Å²) in [6, 6.07) is 8.53. The van der Waals surface area contributed by atoms with Crippen LogP contribution in [-0.4, -0.2) is 13.2 Å². The van der Waals surface area contributed by atoms with E-state index in [9.17, 15) is 0 Å². The van der Waals surface area contributed by atoms with E-state index >= 15 is 0 Å². The van der Waals surface area contributed by atoms with Crippen LogP contribution in [0.1, 0.15) is 31.4 Å². The molecule has 0 saturated heterocycles. The van der Waals surface area contributed by atoms with Gasteiger partial charge in [0.2, 0.25) is 0 Å². The highest BCUT2D eigenvalue weighted by atomic mass is 16.5. The number of benzene rings is 1. The summed E-state index contributed by atoms with van der Waals surface area (Å²) >= 11 is 0. The topological polar surface area (TPSA) is 21.3 Å². The quantitative estimate of drug-likeness (QED) is 0.549. The molecule has 0 aliphatic rings. The molecule has 0 aliphatic carbocycles. The highest BCUT2D eigenvalue weighted by molar-refractivity contribution is 5.22. The van der Waals surface area contributed by atoms with Gasteiger partial charge in [-0.1, -0.05) is 36.8 Å². The molecule has 0 bridgehead atoms. The van der Waals surface area contributed by atoms with Crippen LogP contribution in [0.25, 0.3) is 0 Å². The Morgan fingerprint density at radius 1 is 1.35 bits per heavy atom. The SMILES string of the molecule is C=C(C)CCOCc1cccc(CNCC)c1. The van der Waals surface area contributed by atoms with Gasteiger partial charge in [-0.05, 0) is 31.0 Å². The van der Waals surface area contributed by atoms with Crippen molar-refractivity contribution in [3.05, 3.63) is 47.5 Å². The van der Waals surface area contributed by atoms with Crippen LogP contribution in [-0.2, 0) is 17.9 Å². The van der Waals surface area contributed by atoms with Crippen LogP contribution < -0.4 is 5.32 Å². The van der Waals surface area contributed by atoms with Crippen molar-refractivity contribution in [1.82, 2.24) is 5.32 Å². The molecule has 0 radical (unpaired) electrons. The Hall–Kier alpha value is -1.12. The predicted octanol–water partition coefficient (Wildman–Crippen LogP) is 3.28. The van der Waals surface area contributed by atoms with E-state index in [0.717, 1.165) is 26.1 Å². The molecule has 0 spiro atoms. The second kappa shape index (κ2) is 8.04. The molecule has 1 aromatic rings. The monoisotopic (exact) mass is 233 g/mol. The van der Waals surface area contributed by atoms with E-state index in [0.29, 0.717) is 6.61 Å². The van der Waals surface area contributed by atoms with Gasteiger partial charge in [-0.2, -0.15) is 0 Å². The van der Waals surface area contributed by atoms with Crippen LogP contribution in [0.15, 0.2) is 36.4 Å². The molecule has 0 aliphatic heterocycles. The maximum Gasteiger partial charge on any atom is 0.0717 e. The Kier molecular flexibility index (Phi) is 6.60. The molecule has 2 heteroatoms. The number of hydrogen-bond acceptors (Lipinski definition) is 2. The average molecular weight is 233 g/mol. The van der Waals surface area contributed by atoms with Gasteiger partial charge in [-0.3, -0.25) is 0 Å². The molecule has 0 unspecified atom stereocenters. The van der Waals surface area contributed by atoms with E-state index < -0.39 is 0 Å². The highest BCUT2D eigenvalue weighted by Crippen LogP contribution is 2.07. The Morgan fingerprint density at radius 2 is 2.12 bits per heavy atom. The maximum atomic E-state index is 5.61. The second-order valence-electron chi connectivity index (χ2n) is 4.36. The van der Waals surface area contributed by atoms with Crippen LogP contribution >= 0.6 is 0 Å².